The lowest BCUT2D eigenvalue weighted by Crippen LogP contribution is -2.11. The van der Waals surface area contributed by atoms with Crippen molar-refractivity contribution in [2.24, 2.45) is 5.41 Å². The fourth-order valence-corrected chi connectivity index (χ4v) is 5.40. The molecule has 0 radical (unpaired) electrons. The minimum Gasteiger partial charge on any atom is -0.488 e. The lowest BCUT2D eigenvalue weighted by molar-refractivity contribution is 0.0591. The molecule has 0 heterocycles. The summed E-state index contributed by atoms with van der Waals surface area (Å²) in [6, 6.07) is 30.6. The molecule has 0 aromatic heterocycles. The van der Waals surface area contributed by atoms with Gasteiger partial charge < -0.3 is 18.9 Å². The highest BCUT2D eigenvalue weighted by Gasteiger charge is 2.30. The number of hydrogen-bond acceptors (Lipinski definition) is 6. The van der Waals surface area contributed by atoms with Crippen LogP contribution in [-0.4, -0.2) is 26.2 Å². The molecule has 5 rings (SSSR count). The summed E-state index contributed by atoms with van der Waals surface area (Å²) in [4.78, 5) is 23.3. The number of halogens is 1. The van der Waals surface area contributed by atoms with Crippen LogP contribution in [0.5, 0.6) is 11.5 Å². The highest BCUT2D eigenvalue weighted by molar-refractivity contribution is 9.10. The SMILES string of the molecule is COC(=O)c1ccc(OCc2ccccc2)c(Br)c1.COC(=O)c1ccc(OCc2ccccc2)c(C2=CCCC2(C)C)c1. The van der Waals surface area contributed by atoms with Crippen LogP contribution >= 0.6 is 15.9 Å². The molecule has 44 heavy (non-hydrogen) atoms. The standard InChI is InChI=1S/C22H24O3.C15H13BrO3/c1-22(2)13-7-10-19(22)18-14-17(21(23)24-3)11-12-20(18)25-15-16-8-5-4-6-9-16;1-18-15(17)12-7-8-14(13(16)9-12)19-10-11-5-3-2-4-6-11/h4-6,8-12,14H,7,13,15H2,1-3H3;2-9H,10H2,1H3. The lowest BCUT2D eigenvalue weighted by Gasteiger charge is -2.25. The first-order chi connectivity index (χ1) is 21.2. The van der Waals surface area contributed by atoms with Crippen molar-refractivity contribution in [1.29, 1.82) is 0 Å². The molecule has 0 saturated heterocycles. The predicted molar refractivity (Wildman–Crippen MR) is 176 cm³/mol. The molecule has 0 saturated carbocycles. The molecule has 0 fully saturated rings. The molecule has 0 N–H and O–H groups in total. The Bertz CT molecular complexity index is 1600. The van der Waals surface area contributed by atoms with Gasteiger partial charge in [0.2, 0.25) is 0 Å². The Morgan fingerprint density at radius 2 is 1.20 bits per heavy atom. The van der Waals surface area contributed by atoms with Crippen LogP contribution in [-0.2, 0) is 22.7 Å². The molecule has 4 aromatic carbocycles. The number of hydrogen-bond donors (Lipinski definition) is 0. The number of ether oxygens (including phenoxy) is 4. The Labute approximate surface area is 267 Å². The zero-order valence-electron chi connectivity index (χ0n) is 25.5. The van der Waals surface area contributed by atoms with Crippen molar-refractivity contribution in [2.75, 3.05) is 14.2 Å². The van der Waals surface area contributed by atoms with Gasteiger partial charge in [0.15, 0.2) is 0 Å². The van der Waals surface area contributed by atoms with E-state index in [2.05, 4.69) is 40.6 Å². The van der Waals surface area contributed by atoms with Crippen molar-refractivity contribution in [1.82, 2.24) is 0 Å². The highest BCUT2D eigenvalue weighted by Crippen LogP contribution is 2.47. The van der Waals surface area contributed by atoms with Gasteiger partial charge in [-0.2, -0.15) is 0 Å². The number of benzene rings is 4. The average molecular weight is 658 g/mol. The molecule has 0 amide bonds. The number of allylic oxidation sites excluding steroid dienone is 2. The molecule has 0 unspecified atom stereocenters. The average Bonchev–Trinajstić information content (AvgIpc) is 3.42. The van der Waals surface area contributed by atoms with Crippen molar-refractivity contribution in [3.63, 3.8) is 0 Å². The summed E-state index contributed by atoms with van der Waals surface area (Å²) in [7, 11) is 2.76. The number of rotatable bonds is 9. The summed E-state index contributed by atoms with van der Waals surface area (Å²) in [5, 5.41) is 0. The van der Waals surface area contributed by atoms with Crippen molar-refractivity contribution in [3.05, 3.63) is 135 Å². The third kappa shape index (κ3) is 8.60. The number of carbonyl (C=O) groups excluding carboxylic acids is 2. The maximum absolute atomic E-state index is 12.0. The molecule has 228 valence electrons. The van der Waals surface area contributed by atoms with Gasteiger partial charge in [-0.3, -0.25) is 0 Å². The maximum atomic E-state index is 12.0. The van der Waals surface area contributed by atoms with E-state index >= 15 is 0 Å². The van der Waals surface area contributed by atoms with Crippen LogP contribution in [0.2, 0.25) is 0 Å². The first-order valence-corrected chi connectivity index (χ1v) is 15.2. The largest absolute Gasteiger partial charge is 0.488 e. The van der Waals surface area contributed by atoms with E-state index < -0.39 is 0 Å². The molecule has 1 aliphatic rings. The summed E-state index contributed by atoms with van der Waals surface area (Å²) >= 11 is 3.39. The van der Waals surface area contributed by atoms with E-state index in [1.165, 1.54) is 19.8 Å². The second-order valence-corrected chi connectivity index (χ2v) is 11.8. The Hall–Kier alpha value is -4.36. The summed E-state index contributed by atoms with van der Waals surface area (Å²) in [6.07, 6.45) is 4.40. The van der Waals surface area contributed by atoms with E-state index in [9.17, 15) is 9.59 Å². The van der Waals surface area contributed by atoms with Gasteiger partial charge in [0.1, 0.15) is 24.7 Å². The van der Waals surface area contributed by atoms with E-state index in [0.717, 1.165) is 39.8 Å². The fourth-order valence-electron chi connectivity index (χ4n) is 4.91. The zero-order valence-corrected chi connectivity index (χ0v) is 27.1. The fraction of sp³-hybridized carbons (Fsp3) is 0.243. The van der Waals surface area contributed by atoms with Crippen molar-refractivity contribution < 1.29 is 28.5 Å². The minimum absolute atomic E-state index is 0.0690. The van der Waals surface area contributed by atoms with Crippen molar-refractivity contribution in [2.45, 2.75) is 39.9 Å². The predicted octanol–water partition coefficient (Wildman–Crippen LogP) is 9.07. The molecule has 6 nitrogen and oxygen atoms in total. The second kappa shape index (κ2) is 15.4. The molecule has 0 aliphatic heterocycles. The topological polar surface area (TPSA) is 71.1 Å². The second-order valence-electron chi connectivity index (χ2n) is 10.9. The van der Waals surface area contributed by atoms with Gasteiger partial charge >= 0.3 is 11.9 Å². The van der Waals surface area contributed by atoms with E-state index in [1.54, 1.807) is 24.3 Å². The summed E-state index contributed by atoms with van der Waals surface area (Å²) in [5.41, 5.74) is 5.54. The van der Waals surface area contributed by atoms with Gasteiger partial charge in [0, 0.05) is 5.56 Å². The van der Waals surface area contributed by atoms with Crippen LogP contribution in [0.25, 0.3) is 5.57 Å². The number of methoxy groups -OCH3 is 2. The van der Waals surface area contributed by atoms with Crippen LogP contribution < -0.4 is 9.47 Å². The Morgan fingerprint density at radius 3 is 1.68 bits per heavy atom. The van der Waals surface area contributed by atoms with Crippen molar-refractivity contribution in [3.8, 4) is 11.5 Å². The van der Waals surface area contributed by atoms with E-state index in [1.807, 2.05) is 72.8 Å². The third-order valence-corrected chi connectivity index (χ3v) is 7.98. The quantitative estimate of drug-likeness (QED) is 0.167. The van der Waals surface area contributed by atoms with Gasteiger partial charge in [0.25, 0.3) is 0 Å². The molecule has 0 spiro atoms. The molecule has 7 heteroatoms. The smallest absolute Gasteiger partial charge is 0.337 e. The van der Waals surface area contributed by atoms with Crippen LogP contribution in [0, 0.1) is 5.41 Å². The maximum Gasteiger partial charge on any atom is 0.337 e. The number of carbonyl (C=O) groups is 2. The molecule has 4 aromatic rings. The monoisotopic (exact) mass is 656 g/mol. The van der Waals surface area contributed by atoms with Gasteiger partial charge in [0.05, 0.1) is 29.8 Å². The molecule has 1 aliphatic carbocycles. The normalized spacial score (nSPS) is 13.2. The molecule has 0 atom stereocenters. The zero-order chi connectivity index (χ0) is 31.5. The van der Waals surface area contributed by atoms with Gasteiger partial charge in [-0.25, -0.2) is 9.59 Å². The first kappa shape index (κ1) is 32.6. The van der Waals surface area contributed by atoms with Gasteiger partial charge in [-0.15, -0.1) is 0 Å². The van der Waals surface area contributed by atoms with Gasteiger partial charge in [-0.1, -0.05) is 80.6 Å². The van der Waals surface area contributed by atoms with Crippen LogP contribution in [0.15, 0.2) is 108 Å². The summed E-state index contributed by atoms with van der Waals surface area (Å²) in [6.45, 7) is 5.45. The summed E-state index contributed by atoms with van der Waals surface area (Å²) in [5.74, 6) is 0.803. The van der Waals surface area contributed by atoms with Gasteiger partial charge in [-0.05, 0) is 87.3 Å². The molecule has 0 bridgehead atoms. The molecular weight excluding hydrogens is 620 g/mol. The van der Waals surface area contributed by atoms with Crippen LogP contribution in [0.3, 0.4) is 0 Å². The van der Waals surface area contributed by atoms with E-state index in [4.69, 9.17) is 14.2 Å². The minimum atomic E-state index is -0.365. The van der Waals surface area contributed by atoms with Crippen LogP contribution in [0.4, 0.5) is 0 Å². The highest BCUT2D eigenvalue weighted by atomic mass is 79.9. The lowest BCUT2D eigenvalue weighted by atomic mass is 9.81. The Morgan fingerprint density at radius 1 is 0.705 bits per heavy atom. The first-order valence-electron chi connectivity index (χ1n) is 14.4. The Kier molecular flexibility index (Phi) is 11.4. The van der Waals surface area contributed by atoms with E-state index in [0.29, 0.717) is 30.1 Å². The Balaban J connectivity index is 0.000000209. The number of esters is 2. The molecular formula is C37H37BrO6. The summed E-state index contributed by atoms with van der Waals surface area (Å²) < 4.78 is 22.1. The van der Waals surface area contributed by atoms with Crippen LogP contribution in [0.1, 0.15) is 64.1 Å². The third-order valence-electron chi connectivity index (χ3n) is 7.37. The van der Waals surface area contributed by atoms with E-state index in [-0.39, 0.29) is 17.4 Å². The van der Waals surface area contributed by atoms with Crippen molar-refractivity contribution >= 4 is 33.4 Å².